The van der Waals surface area contributed by atoms with Crippen LogP contribution in [0.25, 0.3) is 0 Å². The van der Waals surface area contributed by atoms with Gasteiger partial charge in [-0.15, -0.1) is 0 Å². The summed E-state index contributed by atoms with van der Waals surface area (Å²) in [5.41, 5.74) is 2.41. The summed E-state index contributed by atoms with van der Waals surface area (Å²) < 4.78 is 44.3. The van der Waals surface area contributed by atoms with Gasteiger partial charge in [-0.3, -0.25) is 9.59 Å². The summed E-state index contributed by atoms with van der Waals surface area (Å²) >= 11 is 17.8. The zero-order chi connectivity index (χ0) is 26.5. The molecule has 36 heavy (non-hydrogen) atoms. The second kappa shape index (κ2) is 11.6. The minimum Gasteiger partial charge on any atom is -0.489 e. The molecule has 0 aromatic heterocycles. The first kappa shape index (κ1) is 27.3. The number of halogens is 6. The third-order valence-electron chi connectivity index (χ3n) is 4.75. The number of hydrazone groups is 1. The molecule has 0 unspecified atom stereocenters. The zero-order valence-electron chi connectivity index (χ0n) is 18.4. The van der Waals surface area contributed by atoms with Crippen molar-refractivity contribution < 1.29 is 27.5 Å². The van der Waals surface area contributed by atoms with Crippen LogP contribution in [0.1, 0.15) is 23.6 Å². The molecule has 0 spiro atoms. The van der Waals surface area contributed by atoms with Gasteiger partial charge in [0.15, 0.2) is 0 Å². The lowest BCUT2D eigenvalue weighted by atomic mass is 10.1. The van der Waals surface area contributed by atoms with Gasteiger partial charge in [-0.2, -0.15) is 18.3 Å². The number of hydrogen-bond donors (Lipinski definition) is 2. The molecule has 2 amide bonds. The summed E-state index contributed by atoms with van der Waals surface area (Å²) in [6, 6.07) is 14.2. The summed E-state index contributed by atoms with van der Waals surface area (Å²) in [6.07, 6.45) is -4.64. The van der Waals surface area contributed by atoms with Crippen molar-refractivity contribution in [1.82, 2.24) is 5.43 Å². The van der Waals surface area contributed by atoms with Crippen molar-refractivity contribution >= 4 is 58.0 Å². The van der Waals surface area contributed by atoms with Crippen LogP contribution in [0.4, 0.5) is 18.9 Å². The number of rotatable bonds is 6. The number of ether oxygens (including phenoxy) is 1. The van der Waals surface area contributed by atoms with Gasteiger partial charge in [0.1, 0.15) is 12.4 Å². The Morgan fingerprint density at radius 3 is 2.25 bits per heavy atom. The zero-order valence-corrected chi connectivity index (χ0v) is 20.7. The van der Waals surface area contributed by atoms with Crippen LogP contribution in [0.15, 0.2) is 65.8 Å². The molecule has 0 saturated heterocycles. The van der Waals surface area contributed by atoms with E-state index >= 15 is 0 Å². The van der Waals surface area contributed by atoms with E-state index in [1.807, 2.05) is 5.32 Å². The minimum atomic E-state index is -4.64. The van der Waals surface area contributed by atoms with Gasteiger partial charge in [-0.25, -0.2) is 5.43 Å². The van der Waals surface area contributed by atoms with E-state index in [4.69, 9.17) is 39.5 Å². The number of amides is 2. The summed E-state index contributed by atoms with van der Waals surface area (Å²) in [4.78, 5) is 24.1. The van der Waals surface area contributed by atoms with Crippen molar-refractivity contribution in [3.63, 3.8) is 0 Å². The van der Waals surface area contributed by atoms with Gasteiger partial charge < -0.3 is 10.1 Å². The number of nitrogens with zero attached hydrogens (tertiary/aromatic N) is 1. The van der Waals surface area contributed by atoms with Crippen LogP contribution in [0, 0.1) is 0 Å². The number of carbonyl (C=O) groups is 2. The average molecular weight is 559 g/mol. The van der Waals surface area contributed by atoms with Crippen molar-refractivity contribution in [1.29, 1.82) is 0 Å². The lowest BCUT2D eigenvalue weighted by molar-refractivity contribution is -0.137. The number of anilines is 1. The molecular formula is C24H17Cl3F3N3O3. The van der Waals surface area contributed by atoms with Crippen molar-refractivity contribution in [3.05, 3.63) is 92.4 Å². The second-order valence-electron chi connectivity index (χ2n) is 7.33. The summed E-state index contributed by atoms with van der Waals surface area (Å²) in [7, 11) is 0. The van der Waals surface area contributed by atoms with Crippen molar-refractivity contribution in [2.24, 2.45) is 5.10 Å². The van der Waals surface area contributed by atoms with E-state index < -0.39 is 23.6 Å². The van der Waals surface area contributed by atoms with Gasteiger partial charge >= 0.3 is 18.0 Å². The molecule has 0 aliphatic carbocycles. The highest BCUT2D eigenvalue weighted by atomic mass is 35.5. The monoisotopic (exact) mass is 557 g/mol. The Kier molecular flexibility index (Phi) is 8.84. The Balaban J connectivity index is 1.58. The highest BCUT2D eigenvalue weighted by Gasteiger charge is 2.31. The van der Waals surface area contributed by atoms with Gasteiger partial charge in [0.05, 0.1) is 22.0 Å². The first-order valence-corrected chi connectivity index (χ1v) is 11.3. The van der Waals surface area contributed by atoms with Gasteiger partial charge in [-0.05, 0) is 67.1 Å². The Labute approximate surface area is 219 Å². The number of alkyl halides is 3. The third-order valence-corrected chi connectivity index (χ3v) is 5.67. The van der Waals surface area contributed by atoms with Crippen LogP contribution >= 0.6 is 34.8 Å². The van der Waals surface area contributed by atoms with E-state index in [9.17, 15) is 22.8 Å². The van der Waals surface area contributed by atoms with Crippen LogP contribution in [0.3, 0.4) is 0 Å². The van der Waals surface area contributed by atoms with Crippen LogP contribution in [-0.2, 0) is 22.4 Å². The smallest absolute Gasteiger partial charge is 0.416 e. The van der Waals surface area contributed by atoms with E-state index in [0.29, 0.717) is 33.1 Å². The quantitative estimate of drug-likeness (QED) is 0.200. The van der Waals surface area contributed by atoms with Crippen LogP contribution in [-0.4, -0.2) is 17.5 Å². The fourth-order valence-corrected chi connectivity index (χ4v) is 3.45. The van der Waals surface area contributed by atoms with Crippen molar-refractivity contribution in [2.75, 3.05) is 5.32 Å². The Hall–Kier alpha value is -3.27. The molecular weight excluding hydrogens is 542 g/mol. The van der Waals surface area contributed by atoms with Gasteiger partial charge in [0.25, 0.3) is 0 Å². The molecule has 188 valence electrons. The van der Waals surface area contributed by atoms with Crippen LogP contribution in [0.5, 0.6) is 5.75 Å². The van der Waals surface area contributed by atoms with Crippen LogP contribution in [0.2, 0.25) is 15.1 Å². The minimum absolute atomic E-state index is 0.163. The standard InChI is InChI=1S/C24H17Cl3F3N3O3/c1-13(14-3-7-18(8-4-14)36-12-15-2-6-17(25)11-20(15)27)32-33-23(35)22(34)31-21-10-16(24(28,29)30)5-9-19(21)26/h2-11H,12H2,1H3,(H,31,34)(H,33,35)/b32-13+. The largest absolute Gasteiger partial charge is 0.489 e. The molecule has 0 fully saturated rings. The van der Waals surface area contributed by atoms with Crippen molar-refractivity contribution in [3.8, 4) is 5.75 Å². The molecule has 0 atom stereocenters. The molecule has 3 aromatic carbocycles. The van der Waals surface area contributed by atoms with Gasteiger partial charge in [0, 0.05) is 15.6 Å². The predicted molar refractivity (Wildman–Crippen MR) is 133 cm³/mol. The molecule has 12 heteroatoms. The normalized spacial score (nSPS) is 11.7. The predicted octanol–water partition coefficient (Wildman–Crippen LogP) is 6.72. The number of benzene rings is 3. The van der Waals surface area contributed by atoms with Gasteiger partial charge in [0.2, 0.25) is 0 Å². The molecule has 0 saturated carbocycles. The average Bonchev–Trinajstić information content (AvgIpc) is 2.82. The highest BCUT2D eigenvalue weighted by Crippen LogP contribution is 2.33. The Bertz CT molecular complexity index is 1310. The topological polar surface area (TPSA) is 79.8 Å². The number of nitrogens with one attached hydrogen (secondary N) is 2. The lowest BCUT2D eigenvalue weighted by Gasteiger charge is -2.11. The van der Waals surface area contributed by atoms with E-state index in [2.05, 4.69) is 10.5 Å². The SMILES string of the molecule is C/C(=N\NC(=O)C(=O)Nc1cc(C(F)(F)F)ccc1Cl)c1ccc(OCc2ccc(Cl)cc2Cl)cc1. The molecule has 0 bridgehead atoms. The van der Waals surface area contributed by atoms with Crippen molar-refractivity contribution in [2.45, 2.75) is 19.7 Å². The molecule has 0 heterocycles. The molecule has 6 nitrogen and oxygen atoms in total. The maximum absolute atomic E-state index is 12.9. The molecule has 2 N–H and O–H groups in total. The Morgan fingerprint density at radius 2 is 1.61 bits per heavy atom. The van der Waals surface area contributed by atoms with E-state index in [-0.39, 0.29) is 17.3 Å². The Morgan fingerprint density at radius 1 is 0.917 bits per heavy atom. The highest BCUT2D eigenvalue weighted by molar-refractivity contribution is 6.41. The lowest BCUT2D eigenvalue weighted by Crippen LogP contribution is -2.33. The summed E-state index contributed by atoms with van der Waals surface area (Å²) in [5.74, 6) is -1.88. The maximum atomic E-state index is 12.9. The fourth-order valence-electron chi connectivity index (χ4n) is 2.82. The van der Waals surface area contributed by atoms with E-state index in [0.717, 1.165) is 17.7 Å². The summed E-state index contributed by atoms with van der Waals surface area (Å²) in [5, 5.41) is 6.74. The van der Waals surface area contributed by atoms with E-state index in [1.54, 1.807) is 49.4 Å². The van der Waals surface area contributed by atoms with E-state index in [1.165, 1.54) is 0 Å². The number of carbonyl (C=O) groups excluding carboxylic acids is 2. The summed E-state index contributed by atoms with van der Waals surface area (Å²) in [6.45, 7) is 1.81. The third kappa shape index (κ3) is 7.36. The fraction of sp³-hybridized carbons (Fsp3) is 0.125. The first-order valence-electron chi connectivity index (χ1n) is 10.1. The molecule has 3 rings (SSSR count). The molecule has 0 radical (unpaired) electrons. The molecule has 3 aromatic rings. The molecule has 0 aliphatic rings. The van der Waals surface area contributed by atoms with Gasteiger partial charge in [-0.1, -0.05) is 40.9 Å². The first-order chi connectivity index (χ1) is 16.9. The maximum Gasteiger partial charge on any atom is 0.416 e. The second-order valence-corrected chi connectivity index (χ2v) is 8.58. The molecule has 0 aliphatic heterocycles. The number of hydrogen-bond acceptors (Lipinski definition) is 4. The van der Waals surface area contributed by atoms with Crippen LogP contribution < -0.4 is 15.5 Å².